The van der Waals surface area contributed by atoms with E-state index >= 15 is 0 Å². The van der Waals surface area contributed by atoms with Crippen LogP contribution in [0.2, 0.25) is 0 Å². The van der Waals surface area contributed by atoms with Gasteiger partial charge in [-0.05, 0) is 12.8 Å². The fourth-order valence-electron chi connectivity index (χ4n) is 2.45. The lowest BCUT2D eigenvalue weighted by Crippen LogP contribution is -2.28. The van der Waals surface area contributed by atoms with Gasteiger partial charge in [-0.15, -0.1) is 0 Å². The van der Waals surface area contributed by atoms with Gasteiger partial charge in [0.05, 0.1) is 7.11 Å². The predicted molar refractivity (Wildman–Crippen MR) is 64.7 cm³/mol. The third-order valence-corrected chi connectivity index (χ3v) is 3.39. The van der Waals surface area contributed by atoms with Crippen molar-refractivity contribution in [2.45, 2.75) is 76.7 Å². The zero-order valence-corrected chi connectivity index (χ0v) is 10.3. The Morgan fingerprint density at radius 1 is 0.733 bits per heavy atom. The van der Waals surface area contributed by atoms with Crippen molar-refractivity contribution in [3.8, 4) is 0 Å². The number of nitrogens with one attached hydrogen (secondary N) is 1. The molecule has 1 saturated carbocycles. The minimum Gasteiger partial charge on any atom is -0.305 e. The molecule has 1 N–H and O–H groups in total. The van der Waals surface area contributed by atoms with Gasteiger partial charge in [-0.25, -0.2) is 0 Å². The van der Waals surface area contributed by atoms with Crippen molar-refractivity contribution in [2.75, 3.05) is 7.11 Å². The zero-order chi connectivity index (χ0) is 10.8. The molecule has 1 fully saturated rings. The lowest BCUT2D eigenvalue weighted by molar-refractivity contribution is 0.0536. The highest BCUT2D eigenvalue weighted by Crippen LogP contribution is 2.16. The summed E-state index contributed by atoms with van der Waals surface area (Å²) in [5.74, 6) is 0. The quantitative estimate of drug-likeness (QED) is 0.704. The van der Waals surface area contributed by atoms with Crippen molar-refractivity contribution in [1.29, 1.82) is 0 Å². The van der Waals surface area contributed by atoms with Crippen molar-refractivity contribution >= 4 is 0 Å². The summed E-state index contributed by atoms with van der Waals surface area (Å²) in [6.07, 6.45) is 15.3. The van der Waals surface area contributed by atoms with Crippen LogP contribution in [0.1, 0.15) is 70.6 Å². The molecule has 0 amide bonds. The summed E-state index contributed by atoms with van der Waals surface area (Å²) in [5.41, 5.74) is 3.14. The fourth-order valence-corrected chi connectivity index (χ4v) is 2.45. The number of hydrogen-bond acceptors (Lipinski definition) is 2. The van der Waals surface area contributed by atoms with E-state index in [0.717, 1.165) is 0 Å². The Bertz CT molecular complexity index is 126. The summed E-state index contributed by atoms with van der Waals surface area (Å²) in [4.78, 5) is 5.06. The van der Waals surface area contributed by atoms with Gasteiger partial charge >= 0.3 is 0 Å². The topological polar surface area (TPSA) is 21.3 Å². The molecule has 0 spiro atoms. The molecule has 90 valence electrons. The second-order valence-electron chi connectivity index (χ2n) is 4.78. The average Bonchev–Trinajstić information content (AvgIpc) is 2.22. The van der Waals surface area contributed by atoms with Crippen LogP contribution in [0.25, 0.3) is 0 Å². The van der Waals surface area contributed by atoms with Gasteiger partial charge in [0.25, 0.3) is 0 Å². The monoisotopic (exact) mass is 213 g/mol. The normalized spacial score (nSPS) is 23.0. The average molecular weight is 213 g/mol. The van der Waals surface area contributed by atoms with E-state index in [-0.39, 0.29) is 0 Å². The summed E-state index contributed by atoms with van der Waals surface area (Å²) < 4.78 is 0. The van der Waals surface area contributed by atoms with Gasteiger partial charge in [-0.1, -0.05) is 57.8 Å². The van der Waals surface area contributed by atoms with Gasteiger partial charge in [-0.2, -0.15) is 5.48 Å². The van der Waals surface area contributed by atoms with E-state index in [9.17, 15) is 0 Å². The van der Waals surface area contributed by atoms with Gasteiger partial charge in [0.15, 0.2) is 0 Å². The number of hydrogen-bond donors (Lipinski definition) is 1. The van der Waals surface area contributed by atoms with Gasteiger partial charge in [0.2, 0.25) is 0 Å². The third kappa shape index (κ3) is 6.91. The largest absolute Gasteiger partial charge is 0.305 e. The van der Waals surface area contributed by atoms with E-state index < -0.39 is 0 Å². The van der Waals surface area contributed by atoms with E-state index in [0.29, 0.717) is 6.04 Å². The Balaban J connectivity index is 2.19. The van der Waals surface area contributed by atoms with Crippen LogP contribution in [0.4, 0.5) is 0 Å². The molecule has 0 saturated heterocycles. The second kappa shape index (κ2) is 9.17. The van der Waals surface area contributed by atoms with Crippen LogP contribution in [0.5, 0.6) is 0 Å². The van der Waals surface area contributed by atoms with E-state index in [2.05, 4.69) is 5.48 Å². The summed E-state index contributed by atoms with van der Waals surface area (Å²) in [6, 6.07) is 0.592. The summed E-state index contributed by atoms with van der Waals surface area (Å²) in [5, 5.41) is 0. The molecular weight excluding hydrogens is 186 g/mol. The Labute approximate surface area is 94.7 Å². The molecule has 0 aromatic heterocycles. The molecule has 2 heteroatoms. The first-order valence-electron chi connectivity index (χ1n) is 6.72. The van der Waals surface area contributed by atoms with E-state index in [1.54, 1.807) is 7.11 Å². The smallest absolute Gasteiger partial charge is 0.0572 e. The molecule has 0 atom stereocenters. The first-order chi connectivity index (χ1) is 7.43. The molecule has 0 heterocycles. The van der Waals surface area contributed by atoms with Gasteiger partial charge in [-0.3, -0.25) is 0 Å². The maximum atomic E-state index is 5.06. The Morgan fingerprint density at radius 2 is 1.13 bits per heavy atom. The van der Waals surface area contributed by atoms with Crippen molar-refractivity contribution in [1.82, 2.24) is 5.48 Å². The van der Waals surface area contributed by atoms with Crippen LogP contribution in [0.3, 0.4) is 0 Å². The number of hydroxylamine groups is 1. The van der Waals surface area contributed by atoms with Crippen molar-refractivity contribution < 1.29 is 4.84 Å². The molecule has 0 radical (unpaired) electrons. The van der Waals surface area contributed by atoms with Crippen molar-refractivity contribution in [2.24, 2.45) is 0 Å². The molecule has 0 aromatic rings. The maximum Gasteiger partial charge on any atom is 0.0572 e. The lowest BCUT2D eigenvalue weighted by Gasteiger charge is -2.17. The summed E-state index contributed by atoms with van der Waals surface area (Å²) in [7, 11) is 1.73. The van der Waals surface area contributed by atoms with Crippen LogP contribution in [0, 0.1) is 0 Å². The molecule has 0 unspecified atom stereocenters. The Kier molecular flexibility index (Phi) is 7.94. The van der Waals surface area contributed by atoms with Crippen molar-refractivity contribution in [3.05, 3.63) is 0 Å². The first-order valence-corrected chi connectivity index (χ1v) is 6.72. The van der Waals surface area contributed by atoms with E-state index in [1.165, 1.54) is 70.6 Å². The van der Waals surface area contributed by atoms with Crippen LogP contribution in [-0.4, -0.2) is 13.2 Å². The molecule has 0 bridgehead atoms. The van der Waals surface area contributed by atoms with Gasteiger partial charge in [0, 0.05) is 6.04 Å². The Morgan fingerprint density at radius 3 is 1.53 bits per heavy atom. The highest BCUT2D eigenvalue weighted by molar-refractivity contribution is 4.64. The predicted octanol–water partition coefficient (Wildman–Crippen LogP) is 3.81. The summed E-state index contributed by atoms with van der Waals surface area (Å²) in [6.45, 7) is 0. The van der Waals surface area contributed by atoms with Crippen LogP contribution in [-0.2, 0) is 4.84 Å². The highest BCUT2D eigenvalue weighted by atomic mass is 16.6. The molecule has 0 aromatic carbocycles. The van der Waals surface area contributed by atoms with Crippen LogP contribution < -0.4 is 5.48 Å². The second-order valence-corrected chi connectivity index (χ2v) is 4.78. The Hall–Kier alpha value is -0.0800. The lowest BCUT2D eigenvalue weighted by atomic mass is 9.98. The molecule has 1 aliphatic carbocycles. The molecule has 15 heavy (non-hydrogen) atoms. The molecule has 2 nitrogen and oxygen atoms in total. The minimum absolute atomic E-state index is 0.592. The standard InChI is InChI=1S/C13H27NO/c1-15-14-13-11-9-7-5-3-2-4-6-8-10-12-13/h13-14H,2-12H2,1H3. The van der Waals surface area contributed by atoms with E-state index in [4.69, 9.17) is 4.84 Å². The van der Waals surface area contributed by atoms with Crippen molar-refractivity contribution in [3.63, 3.8) is 0 Å². The summed E-state index contributed by atoms with van der Waals surface area (Å²) >= 11 is 0. The number of rotatable bonds is 2. The third-order valence-electron chi connectivity index (χ3n) is 3.39. The minimum atomic E-state index is 0.592. The zero-order valence-electron chi connectivity index (χ0n) is 10.3. The van der Waals surface area contributed by atoms with Gasteiger partial charge in [0.1, 0.15) is 0 Å². The van der Waals surface area contributed by atoms with E-state index in [1.807, 2.05) is 0 Å². The SMILES string of the molecule is CONC1CCCCCCCCCCC1. The first kappa shape index (κ1) is 13.0. The fraction of sp³-hybridized carbons (Fsp3) is 1.00. The van der Waals surface area contributed by atoms with Crippen LogP contribution >= 0.6 is 0 Å². The maximum absolute atomic E-state index is 5.06. The molecule has 0 aliphatic heterocycles. The molecular formula is C13H27NO. The molecule has 1 aliphatic rings. The molecule has 1 rings (SSSR count). The van der Waals surface area contributed by atoms with Gasteiger partial charge < -0.3 is 4.84 Å². The van der Waals surface area contributed by atoms with Crippen LogP contribution in [0.15, 0.2) is 0 Å². The highest BCUT2D eigenvalue weighted by Gasteiger charge is 2.08.